The van der Waals surface area contributed by atoms with Crippen molar-refractivity contribution in [2.45, 2.75) is 19.3 Å². The first kappa shape index (κ1) is 14.5. The number of ether oxygens (including phenoxy) is 1. The van der Waals surface area contributed by atoms with Crippen molar-refractivity contribution in [1.29, 1.82) is 0 Å². The smallest absolute Gasteiger partial charge is 0.343 e. The molecule has 2 aromatic rings. The fourth-order valence-corrected chi connectivity index (χ4v) is 2.74. The highest BCUT2D eigenvalue weighted by molar-refractivity contribution is 6.32. The van der Waals surface area contributed by atoms with Gasteiger partial charge in [-0.25, -0.2) is 4.79 Å². The summed E-state index contributed by atoms with van der Waals surface area (Å²) >= 11 is 5.73. The summed E-state index contributed by atoms with van der Waals surface area (Å²) in [5.74, 6) is -0.194. The highest BCUT2D eigenvalue weighted by Gasteiger charge is 2.18. The molecule has 0 aliphatic heterocycles. The van der Waals surface area contributed by atoms with Gasteiger partial charge in [-0.1, -0.05) is 17.7 Å². The zero-order valence-electron chi connectivity index (χ0n) is 11.5. The molecule has 112 valence electrons. The summed E-state index contributed by atoms with van der Waals surface area (Å²) < 4.78 is 5.30. The molecular weight excluding hydrogens is 306 g/mol. The number of nitro groups is 1. The van der Waals surface area contributed by atoms with Crippen LogP contribution in [0.3, 0.4) is 0 Å². The number of rotatable bonds is 3. The Labute approximate surface area is 131 Å². The van der Waals surface area contributed by atoms with Crippen LogP contribution in [-0.4, -0.2) is 10.9 Å². The van der Waals surface area contributed by atoms with Gasteiger partial charge in [0.25, 0.3) is 5.69 Å². The molecule has 6 heteroatoms. The highest BCUT2D eigenvalue weighted by atomic mass is 35.5. The van der Waals surface area contributed by atoms with Gasteiger partial charge in [-0.05, 0) is 54.7 Å². The second kappa shape index (κ2) is 5.77. The predicted octanol–water partition coefficient (Wildman–Crippen LogP) is 3.96. The summed E-state index contributed by atoms with van der Waals surface area (Å²) in [5.41, 5.74) is 2.25. The van der Waals surface area contributed by atoms with E-state index in [0.717, 1.165) is 25.3 Å². The summed E-state index contributed by atoms with van der Waals surface area (Å²) in [5, 5.41) is 10.8. The zero-order valence-corrected chi connectivity index (χ0v) is 12.3. The number of esters is 1. The van der Waals surface area contributed by atoms with Gasteiger partial charge >= 0.3 is 5.97 Å². The van der Waals surface area contributed by atoms with Gasteiger partial charge < -0.3 is 4.74 Å². The normalized spacial score (nSPS) is 12.8. The number of carbonyl (C=O) groups is 1. The first-order valence-electron chi connectivity index (χ1n) is 6.82. The molecule has 1 aliphatic carbocycles. The van der Waals surface area contributed by atoms with E-state index in [1.54, 1.807) is 6.07 Å². The molecule has 2 aromatic carbocycles. The molecule has 5 nitrogen and oxygen atoms in total. The van der Waals surface area contributed by atoms with Crippen molar-refractivity contribution in [3.63, 3.8) is 0 Å². The number of nitrogens with zero attached hydrogens (tertiary/aromatic N) is 1. The van der Waals surface area contributed by atoms with Gasteiger partial charge in [-0.2, -0.15) is 0 Å². The summed E-state index contributed by atoms with van der Waals surface area (Å²) in [6, 6.07) is 9.40. The second-order valence-electron chi connectivity index (χ2n) is 5.10. The Kier molecular flexibility index (Phi) is 3.81. The van der Waals surface area contributed by atoms with Gasteiger partial charge in [-0.3, -0.25) is 10.1 Å². The first-order chi connectivity index (χ1) is 10.5. The predicted molar refractivity (Wildman–Crippen MR) is 81.5 cm³/mol. The van der Waals surface area contributed by atoms with Crippen LogP contribution in [0.5, 0.6) is 5.75 Å². The number of halogens is 1. The molecule has 0 fully saturated rings. The van der Waals surface area contributed by atoms with Crippen LogP contribution in [0.15, 0.2) is 36.4 Å². The molecule has 0 radical (unpaired) electrons. The number of aryl methyl sites for hydroxylation is 2. The molecule has 1 aliphatic rings. The van der Waals surface area contributed by atoms with E-state index in [2.05, 4.69) is 0 Å². The van der Waals surface area contributed by atoms with E-state index < -0.39 is 10.9 Å². The molecule has 22 heavy (non-hydrogen) atoms. The number of benzene rings is 2. The highest BCUT2D eigenvalue weighted by Crippen LogP contribution is 2.28. The molecule has 0 heterocycles. The van der Waals surface area contributed by atoms with Crippen molar-refractivity contribution in [3.8, 4) is 5.75 Å². The lowest BCUT2D eigenvalue weighted by molar-refractivity contribution is -0.384. The topological polar surface area (TPSA) is 69.4 Å². The van der Waals surface area contributed by atoms with Gasteiger partial charge in [0.05, 0.1) is 10.5 Å². The minimum Gasteiger partial charge on any atom is -0.423 e. The fraction of sp³-hybridized carbons (Fsp3) is 0.188. The van der Waals surface area contributed by atoms with Gasteiger partial charge in [-0.15, -0.1) is 0 Å². The monoisotopic (exact) mass is 317 g/mol. The summed E-state index contributed by atoms with van der Waals surface area (Å²) in [4.78, 5) is 22.3. The number of hydrogen-bond acceptors (Lipinski definition) is 4. The molecule has 0 spiro atoms. The van der Waals surface area contributed by atoms with Crippen LogP contribution in [0.2, 0.25) is 5.02 Å². The fourth-order valence-electron chi connectivity index (χ4n) is 2.56. The van der Waals surface area contributed by atoms with Crippen LogP contribution in [-0.2, 0) is 12.8 Å². The number of fused-ring (bicyclic) bond motifs is 1. The Bertz CT molecular complexity index is 773. The van der Waals surface area contributed by atoms with Crippen molar-refractivity contribution in [2.24, 2.45) is 0 Å². The summed E-state index contributed by atoms with van der Waals surface area (Å²) in [6.45, 7) is 0. The maximum Gasteiger partial charge on any atom is 0.343 e. The third-order valence-electron chi connectivity index (χ3n) is 3.66. The van der Waals surface area contributed by atoms with Crippen LogP contribution < -0.4 is 4.74 Å². The van der Waals surface area contributed by atoms with Crippen LogP contribution in [0.4, 0.5) is 5.69 Å². The van der Waals surface area contributed by atoms with E-state index in [1.165, 1.54) is 23.3 Å². The Balaban J connectivity index is 1.83. The van der Waals surface area contributed by atoms with Crippen molar-refractivity contribution in [3.05, 3.63) is 68.2 Å². The molecule has 3 rings (SSSR count). The number of carbonyl (C=O) groups excluding carboxylic acids is 1. The minimum atomic E-state index is -0.641. The van der Waals surface area contributed by atoms with Gasteiger partial charge in [0.2, 0.25) is 0 Å². The molecule has 0 N–H and O–H groups in total. The molecule has 0 saturated carbocycles. The van der Waals surface area contributed by atoms with Crippen LogP contribution >= 0.6 is 11.6 Å². The third-order valence-corrected chi connectivity index (χ3v) is 3.98. The first-order valence-corrected chi connectivity index (χ1v) is 7.20. The largest absolute Gasteiger partial charge is 0.423 e. The summed E-state index contributed by atoms with van der Waals surface area (Å²) in [6.07, 6.45) is 3.14. The molecule has 0 saturated heterocycles. The lowest BCUT2D eigenvalue weighted by Gasteiger charge is -2.07. The molecule has 0 atom stereocenters. The van der Waals surface area contributed by atoms with E-state index in [4.69, 9.17) is 16.3 Å². The maximum atomic E-state index is 12.1. The van der Waals surface area contributed by atoms with E-state index in [-0.39, 0.29) is 16.3 Å². The van der Waals surface area contributed by atoms with Crippen molar-refractivity contribution in [2.75, 3.05) is 0 Å². The lowest BCUT2D eigenvalue weighted by Crippen LogP contribution is -2.09. The quantitative estimate of drug-likeness (QED) is 0.372. The average Bonchev–Trinajstić information content (AvgIpc) is 2.94. The van der Waals surface area contributed by atoms with E-state index in [0.29, 0.717) is 5.75 Å². The molecule has 0 aromatic heterocycles. The number of hydrogen-bond donors (Lipinski definition) is 0. The molecule has 0 amide bonds. The van der Waals surface area contributed by atoms with Gasteiger partial charge in [0.1, 0.15) is 10.8 Å². The number of nitro benzene ring substituents is 1. The Morgan fingerprint density at radius 1 is 1.14 bits per heavy atom. The van der Waals surface area contributed by atoms with Gasteiger partial charge in [0.15, 0.2) is 0 Å². The van der Waals surface area contributed by atoms with Crippen LogP contribution in [0, 0.1) is 10.1 Å². The van der Waals surface area contributed by atoms with E-state index in [9.17, 15) is 14.9 Å². The SMILES string of the molecule is O=C(Oc1ccc2c(c1)CCC2)c1ccc(Cl)c([N+](=O)[O-])c1. The van der Waals surface area contributed by atoms with Crippen molar-refractivity contribution in [1.82, 2.24) is 0 Å². The molecule has 0 unspecified atom stereocenters. The Hall–Kier alpha value is -2.40. The second-order valence-corrected chi connectivity index (χ2v) is 5.50. The molecular formula is C16H12ClNO4. The van der Waals surface area contributed by atoms with Crippen LogP contribution in [0.25, 0.3) is 0 Å². The average molecular weight is 318 g/mol. The van der Waals surface area contributed by atoms with Crippen molar-refractivity contribution >= 4 is 23.3 Å². The van der Waals surface area contributed by atoms with Crippen LogP contribution in [0.1, 0.15) is 27.9 Å². The molecule has 0 bridgehead atoms. The summed E-state index contributed by atoms with van der Waals surface area (Å²) in [7, 11) is 0. The Morgan fingerprint density at radius 3 is 2.68 bits per heavy atom. The van der Waals surface area contributed by atoms with Crippen molar-refractivity contribution < 1.29 is 14.5 Å². The lowest BCUT2D eigenvalue weighted by atomic mass is 10.1. The standard InChI is InChI=1S/C16H12ClNO4/c17-14-7-5-12(9-15(14)18(20)21)16(19)22-13-6-4-10-2-1-3-11(10)8-13/h4-9H,1-3H2. The van der Waals surface area contributed by atoms with Gasteiger partial charge in [0, 0.05) is 6.07 Å². The zero-order chi connectivity index (χ0) is 15.7. The van der Waals surface area contributed by atoms with E-state index in [1.807, 2.05) is 12.1 Å². The Morgan fingerprint density at radius 2 is 1.91 bits per heavy atom. The van der Waals surface area contributed by atoms with E-state index >= 15 is 0 Å². The maximum absolute atomic E-state index is 12.1. The third kappa shape index (κ3) is 2.80. The minimum absolute atomic E-state index is 0.0147.